The van der Waals surface area contributed by atoms with Gasteiger partial charge in [-0.3, -0.25) is 4.21 Å². The molecule has 0 heterocycles. The fourth-order valence-electron chi connectivity index (χ4n) is 1.90. The lowest BCUT2D eigenvalue weighted by Gasteiger charge is -2.16. The molecule has 0 aliphatic carbocycles. The SMILES string of the molecule is CCCC(CS(=O)c1cccc(OC)c1)NCC. The van der Waals surface area contributed by atoms with E-state index in [0.29, 0.717) is 11.8 Å². The molecule has 0 bridgehead atoms. The van der Waals surface area contributed by atoms with E-state index in [1.165, 1.54) is 0 Å². The molecule has 1 rings (SSSR count). The second-order valence-electron chi connectivity index (χ2n) is 4.23. The summed E-state index contributed by atoms with van der Waals surface area (Å²) in [5.41, 5.74) is 0. The number of nitrogens with one attached hydrogen (secondary N) is 1. The highest BCUT2D eigenvalue weighted by molar-refractivity contribution is 7.85. The Balaban J connectivity index is 2.67. The number of hydrogen-bond donors (Lipinski definition) is 1. The first kappa shape index (κ1) is 15.2. The van der Waals surface area contributed by atoms with Gasteiger partial charge in [-0.2, -0.15) is 0 Å². The van der Waals surface area contributed by atoms with Crippen molar-refractivity contribution in [1.29, 1.82) is 0 Å². The lowest BCUT2D eigenvalue weighted by atomic mass is 10.2. The standard InChI is InChI=1S/C14H23NO2S/c1-4-7-12(15-5-2)11-18(16)14-9-6-8-13(10-14)17-3/h6,8-10,12,15H,4-5,7,11H2,1-3H3. The predicted molar refractivity (Wildman–Crippen MR) is 76.6 cm³/mol. The average Bonchev–Trinajstić information content (AvgIpc) is 2.39. The number of benzene rings is 1. The van der Waals surface area contributed by atoms with Crippen molar-refractivity contribution in [1.82, 2.24) is 5.32 Å². The molecule has 1 aromatic carbocycles. The number of hydrogen-bond acceptors (Lipinski definition) is 3. The zero-order valence-corrected chi connectivity index (χ0v) is 12.3. The lowest BCUT2D eigenvalue weighted by Crippen LogP contribution is -2.33. The Kier molecular flexibility index (Phi) is 6.98. The predicted octanol–water partition coefficient (Wildman–Crippen LogP) is 2.58. The van der Waals surface area contributed by atoms with E-state index in [-0.39, 0.29) is 0 Å². The summed E-state index contributed by atoms with van der Waals surface area (Å²) in [6, 6.07) is 7.83. The molecule has 18 heavy (non-hydrogen) atoms. The van der Waals surface area contributed by atoms with Crippen LogP contribution in [0.4, 0.5) is 0 Å². The fraction of sp³-hybridized carbons (Fsp3) is 0.571. The highest BCUT2D eigenvalue weighted by atomic mass is 32.2. The molecule has 0 amide bonds. The largest absolute Gasteiger partial charge is 0.497 e. The molecule has 0 aliphatic rings. The molecule has 0 spiro atoms. The minimum Gasteiger partial charge on any atom is -0.497 e. The molecule has 0 saturated carbocycles. The first-order valence-electron chi connectivity index (χ1n) is 6.47. The summed E-state index contributed by atoms with van der Waals surface area (Å²) in [5.74, 6) is 1.42. The minimum atomic E-state index is -0.971. The van der Waals surface area contributed by atoms with E-state index in [1.807, 2.05) is 24.3 Å². The van der Waals surface area contributed by atoms with Crippen LogP contribution >= 0.6 is 0 Å². The normalized spacial score (nSPS) is 14.2. The van der Waals surface area contributed by atoms with Crippen molar-refractivity contribution in [2.45, 2.75) is 37.6 Å². The van der Waals surface area contributed by atoms with Gasteiger partial charge >= 0.3 is 0 Å². The maximum Gasteiger partial charge on any atom is 0.120 e. The zero-order valence-electron chi connectivity index (χ0n) is 11.4. The average molecular weight is 269 g/mol. The van der Waals surface area contributed by atoms with Crippen molar-refractivity contribution in [3.63, 3.8) is 0 Å². The third kappa shape index (κ3) is 4.78. The van der Waals surface area contributed by atoms with Gasteiger partial charge in [0.1, 0.15) is 5.75 Å². The molecule has 0 fully saturated rings. The Labute approximate surface area is 112 Å². The summed E-state index contributed by atoms with van der Waals surface area (Å²) in [5, 5.41) is 3.39. The summed E-state index contributed by atoms with van der Waals surface area (Å²) in [6.45, 7) is 5.15. The molecule has 4 heteroatoms. The molecule has 3 nitrogen and oxygen atoms in total. The second kappa shape index (κ2) is 8.27. The summed E-state index contributed by atoms with van der Waals surface area (Å²) in [7, 11) is 0.655. The van der Waals surface area contributed by atoms with Gasteiger partial charge in [0.05, 0.1) is 17.9 Å². The van der Waals surface area contributed by atoms with Gasteiger partial charge in [-0.25, -0.2) is 0 Å². The van der Waals surface area contributed by atoms with E-state index in [0.717, 1.165) is 30.0 Å². The summed E-state index contributed by atoms with van der Waals surface area (Å²) < 4.78 is 17.4. The second-order valence-corrected chi connectivity index (χ2v) is 5.73. The monoisotopic (exact) mass is 269 g/mol. The molecule has 2 atom stereocenters. The molecule has 0 aliphatic heterocycles. The van der Waals surface area contributed by atoms with Crippen LogP contribution in [0.1, 0.15) is 26.7 Å². The topological polar surface area (TPSA) is 38.3 Å². The third-order valence-corrected chi connectivity index (χ3v) is 4.27. The van der Waals surface area contributed by atoms with Crippen LogP contribution in [0.5, 0.6) is 5.75 Å². The van der Waals surface area contributed by atoms with Crippen LogP contribution in [0.15, 0.2) is 29.2 Å². The molecule has 0 saturated heterocycles. The van der Waals surface area contributed by atoms with Crippen LogP contribution < -0.4 is 10.1 Å². The van der Waals surface area contributed by atoms with E-state index in [2.05, 4.69) is 19.2 Å². The maximum atomic E-state index is 12.3. The van der Waals surface area contributed by atoms with Crippen molar-refractivity contribution in [3.8, 4) is 5.75 Å². The molecule has 2 unspecified atom stereocenters. The zero-order chi connectivity index (χ0) is 13.4. The van der Waals surface area contributed by atoms with Crippen molar-refractivity contribution in [2.75, 3.05) is 19.4 Å². The smallest absolute Gasteiger partial charge is 0.120 e. The maximum absolute atomic E-state index is 12.3. The molecule has 0 aromatic heterocycles. The van der Waals surface area contributed by atoms with Crippen LogP contribution in [-0.2, 0) is 10.8 Å². The number of ether oxygens (including phenoxy) is 1. The molecule has 1 aromatic rings. The van der Waals surface area contributed by atoms with Gasteiger partial charge in [0.2, 0.25) is 0 Å². The van der Waals surface area contributed by atoms with Crippen LogP contribution in [-0.4, -0.2) is 29.7 Å². The highest BCUT2D eigenvalue weighted by Crippen LogP contribution is 2.16. The minimum absolute atomic E-state index is 0.326. The van der Waals surface area contributed by atoms with Gasteiger partial charge in [0.15, 0.2) is 0 Å². The molecule has 0 radical (unpaired) electrons. The third-order valence-electron chi connectivity index (χ3n) is 2.79. The van der Waals surface area contributed by atoms with Crippen molar-refractivity contribution in [3.05, 3.63) is 24.3 Å². The van der Waals surface area contributed by atoms with Gasteiger partial charge in [-0.1, -0.05) is 26.3 Å². The summed E-state index contributed by atoms with van der Waals surface area (Å²) >= 11 is 0. The van der Waals surface area contributed by atoms with Crippen LogP contribution in [0.25, 0.3) is 0 Å². The number of methoxy groups -OCH3 is 1. The molecular formula is C14H23NO2S. The van der Waals surface area contributed by atoms with Crippen molar-refractivity contribution in [2.24, 2.45) is 0 Å². The Hall–Kier alpha value is -0.870. The van der Waals surface area contributed by atoms with Gasteiger partial charge in [0.25, 0.3) is 0 Å². The van der Waals surface area contributed by atoms with Crippen LogP contribution in [0.2, 0.25) is 0 Å². The van der Waals surface area contributed by atoms with Crippen LogP contribution in [0, 0.1) is 0 Å². The van der Waals surface area contributed by atoms with E-state index < -0.39 is 10.8 Å². The highest BCUT2D eigenvalue weighted by Gasteiger charge is 2.12. The molecular weight excluding hydrogens is 246 g/mol. The fourth-order valence-corrected chi connectivity index (χ4v) is 3.22. The van der Waals surface area contributed by atoms with E-state index in [1.54, 1.807) is 7.11 Å². The van der Waals surface area contributed by atoms with Gasteiger partial charge in [0, 0.05) is 16.7 Å². The molecule has 102 valence electrons. The number of rotatable bonds is 8. The molecule has 1 N–H and O–H groups in total. The van der Waals surface area contributed by atoms with Gasteiger partial charge in [-0.05, 0) is 31.2 Å². The summed E-state index contributed by atoms with van der Waals surface area (Å²) in [6.07, 6.45) is 2.16. The Morgan fingerprint density at radius 2 is 2.17 bits per heavy atom. The van der Waals surface area contributed by atoms with E-state index in [9.17, 15) is 4.21 Å². The quantitative estimate of drug-likeness (QED) is 0.788. The van der Waals surface area contributed by atoms with Crippen LogP contribution in [0.3, 0.4) is 0 Å². The van der Waals surface area contributed by atoms with E-state index in [4.69, 9.17) is 4.74 Å². The first-order chi connectivity index (χ1) is 8.71. The van der Waals surface area contributed by atoms with Crippen molar-refractivity contribution < 1.29 is 8.95 Å². The Morgan fingerprint density at radius 1 is 1.39 bits per heavy atom. The summed E-state index contributed by atoms with van der Waals surface area (Å²) in [4.78, 5) is 0.841. The van der Waals surface area contributed by atoms with Gasteiger partial charge in [-0.15, -0.1) is 0 Å². The lowest BCUT2D eigenvalue weighted by molar-refractivity contribution is 0.413. The first-order valence-corrected chi connectivity index (χ1v) is 7.79. The van der Waals surface area contributed by atoms with E-state index >= 15 is 0 Å². The van der Waals surface area contributed by atoms with Gasteiger partial charge < -0.3 is 10.1 Å². The van der Waals surface area contributed by atoms with Crippen molar-refractivity contribution >= 4 is 10.8 Å². The Morgan fingerprint density at radius 3 is 2.78 bits per heavy atom. The Bertz CT molecular complexity index is 376.